The van der Waals surface area contributed by atoms with Gasteiger partial charge in [0.1, 0.15) is 17.9 Å². The number of fused-ring (bicyclic) bond motifs is 2. The van der Waals surface area contributed by atoms with Crippen LogP contribution in [0.25, 0.3) is 0 Å². The highest BCUT2D eigenvalue weighted by atomic mass is 35.5. The molecule has 0 radical (unpaired) electrons. The topological polar surface area (TPSA) is 116 Å². The van der Waals surface area contributed by atoms with Crippen LogP contribution in [0.2, 0.25) is 5.02 Å². The third-order valence-corrected chi connectivity index (χ3v) is 7.70. The molecule has 0 amide bonds. The maximum atomic E-state index is 13.3. The van der Waals surface area contributed by atoms with Crippen LogP contribution in [-0.4, -0.2) is 41.1 Å². The van der Waals surface area contributed by atoms with Crippen LogP contribution in [0.5, 0.6) is 5.88 Å². The zero-order valence-corrected chi connectivity index (χ0v) is 19.5. The average Bonchev–Trinajstić information content (AvgIpc) is 3.29. The summed E-state index contributed by atoms with van der Waals surface area (Å²) < 4.78 is 31.9. The van der Waals surface area contributed by atoms with Gasteiger partial charge in [0.15, 0.2) is 15.6 Å². The number of ketones is 2. The van der Waals surface area contributed by atoms with Crippen LogP contribution in [0.15, 0.2) is 34.4 Å². The van der Waals surface area contributed by atoms with Crippen molar-refractivity contribution in [3.8, 4) is 5.88 Å². The van der Waals surface area contributed by atoms with Gasteiger partial charge in [0.05, 0.1) is 15.6 Å². The summed E-state index contributed by atoms with van der Waals surface area (Å²) in [5.41, 5.74) is 0.529. The van der Waals surface area contributed by atoms with Gasteiger partial charge in [-0.05, 0) is 38.3 Å². The Morgan fingerprint density at radius 2 is 2.00 bits per heavy atom. The number of carbonyl (C=O) groups excluding carboxylic acids is 2. The van der Waals surface area contributed by atoms with E-state index in [9.17, 15) is 23.1 Å². The largest absolute Gasteiger partial charge is 0.511 e. The average molecular weight is 479 g/mol. The maximum absolute atomic E-state index is 13.3. The number of rotatable bonds is 6. The van der Waals surface area contributed by atoms with E-state index in [-0.39, 0.29) is 56.6 Å². The number of aliphatic hydroxyl groups is 1. The first-order valence-electron chi connectivity index (χ1n) is 10.2. The number of Topliss-reactive ketones (excluding diaryl/α,β-unsaturated/α-hetero) is 2. The summed E-state index contributed by atoms with van der Waals surface area (Å²) in [5, 5.41) is 14.6. The van der Waals surface area contributed by atoms with Crippen LogP contribution in [0.4, 0.5) is 0 Å². The normalized spacial score (nSPS) is 20.7. The Morgan fingerprint density at radius 1 is 1.31 bits per heavy atom. The van der Waals surface area contributed by atoms with Crippen molar-refractivity contribution in [1.29, 1.82) is 0 Å². The van der Waals surface area contributed by atoms with Gasteiger partial charge in [-0.25, -0.2) is 13.1 Å². The lowest BCUT2D eigenvalue weighted by Gasteiger charge is -2.21. The Hall–Kier alpha value is -2.65. The van der Waals surface area contributed by atoms with E-state index >= 15 is 0 Å². The second-order valence-electron chi connectivity index (χ2n) is 8.37. The number of allylic oxidation sites excluding steroid dienone is 2. The zero-order valence-electron chi connectivity index (χ0n) is 17.9. The second kappa shape index (κ2) is 8.04. The molecule has 4 rings (SSSR count). The molecule has 1 N–H and O–H groups in total. The van der Waals surface area contributed by atoms with E-state index in [1.165, 1.54) is 16.8 Å². The van der Waals surface area contributed by atoms with Gasteiger partial charge < -0.3 is 9.84 Å². The first-order chi connectivity index (χ1) is 15.0. The van der Waals surface area contributed by atoms with E-state index in [4.69, 9.17) is 16.3 Å². The molecule has 10 heteroatoms. The molecule has 1 aromatic carbocycles. The number of hydrogen-bond acceptors (Lipinski definition) is 7. The predicted molar refractivity (Wildman–Crippen MR) is 117 cm³/mol. The monoisotopic (exact) mass is 478 g/mol. The van der Waals surface area contributed by atoms with Crippen LogP contribution in [0.1, 0.15) is 40.9 Å². The Labute approximate surface area is 190 Å². The van der Waals surface area contributed by atoms with Gasteiger partial charge in [-0.2, -0.15) is 5.10 Å². The SMILES string of the molecule is Cc1cc(OCc2c(S(C)(=O)=O)ccc(C(=O)C3=C(O)C4CCC(C4)C3=O)c2Cl)n(C)n1. The minimum absolute atomic E-state index is 0.0462. The number of aryl methyl sites for hydroxylation is 2. The van der Waals surface area contributed by atoms with Crippen LogP contribution in [0.3, 0.4) is 0 Å². The lowest BCUT2D eigenvalue weighted by molar-refractivity contribution is -0.119. The highest BCUT2D eigenvalue weighted by molar-refractivity contribution is 7.90. The molecule has 32 heavy (non-hydrogen) atoms. The van der Waals surface area contributed by atoms with Crippen LogP contribution >= 0.6 is 11.6 Å². The van der Waals surface area contributed by atoms with Crippen molar-refractivity contribution in [3.05, 3.63) is 51.4 Å². The molecule has 1 saturated carbocycles. The summed E-state index contributed by atoms with van der Waals surface area (Å²) in [7, 11) is -2.01. The smallest absolute Gasteiger partial charge is 0.212 e. The summed E-state index contributed by atoms with van der Waals surface area (Å²) in [5.74, 6) is -1.37. The zero-order chi connectivity index (χ0) is 23.4. The molecule has 2 bridgehead atoms. The number of sulfone groups is 1. The number of ether oxygens (including phenoxy) is 1. The summed E-state index contributed by atoms with van der Waals surface area (Å²) in [4.78, 5) is 26.0. The van der Waals surface area contributed by atoms with Gasteiger partial charge in [0.2, 0.25) is 11.7 Å². The number of halogens is 1. The van der Waals surface area contributed by atoms with Crippen LogP contribution in [-0.2, 0) is 28.3 Å². The van der Waals surface area contributed by atoms with E-state index < -0.39 is 15.6 Å². The fourth-order valence-electron chi connectivity index (χ4n) is 4.49. The Balaban J connectivity index is 1.76. The Morgan fingerprint density at radius 3 is 2.62 bits per heavy atom. The number of hydrogen-bond donors (Lipinski definition) is 1. The molecular weight excluding hydrogens is 456 g/mol. The molecule has 1 fully saturated rings. The van der Waals surface area contributed by atoms with E-state index in [2.05, 4.69) is 5.10 Å². The number of nitrogens with zero attached hydrogens (tertiary/aromatic N) is 2. The van der Waals surface area contributed by atoms with Crippen molar-refractivity contribution in [3.63, 3.8) is 0 Å². The van der Waals surface area contributed by atoms with Gasteiger partial charge in [0, 0.05) is 42.3 Å². The molecule has 8 nitrogen and oxygen atoms in total. The van der Waals surface area contributed by atoms with E-state index in [1.54, 1.807) is 20.0 Å². The molecule has 0 saturated heterocycles. The molecule has 0 spiro atoms. The lowest BCUT2D eigenvalue weighted by atomic mass is 9.83. The lowest BCUT2D eigenvalue weighted by Crippen LogP contribution is -2.27. The van der Waals surface area contributed by atoms with Crippen LogP contribution in [0, 0.1) is 18.8 Å². The van der Waals surface area contributed by atoms with Crippen molar-refractivity contribution >= 4 is 33.0 Å². The van der Waals surface area contributed by atoms with Crippen molar-refractivity contribution in [2.45, 2.75) is 37.7 Å². The summed E-state index contributed by atoms with van der Waals surface area (Å²) in [6.07, 6.45) is 2.87. The van der Waals surface area contributed by atoms with Crippen molar-refractivity contribution in [1.82, 2.24) is 9.78 Å². The standard InChI is InChI=1S/C22H23ClN2O6S/c1-11-8-17(25(2)24-11)31-10-15-16(32(3,29)30)7-6-14(19(15)23)22(28)18-20(26)12-4-5-13(9-12)21(18)27/h6-8,12-13,26H,4-5,9-10H2,1-3H3. The van der Waals surface area contributed by atoms with Gasteiger partial charge in [-0.3, -0.25) is 9.59 Å². The molecular formula is C22H23ClN2O6S. The van der Waals surface area contributed by atoms with Crippen LogP contribution < -0.4 is 4.74 Å². The molecule has 2 atom stereocenters. The molecule has 2 aromatic rings. The number of carbonyl (C=O) groups is 2. The minimum atomic E-state index is -3.69. The fourth-order valence-corrected chi connectivity index (χ4v) is 5.78. The minimum Gasteiger partial charge on any atom is -0.511 e. The molecule has 2 aliphatic carbocycles. The van der Waals surface area contributed by atoms with Gasteiger partial charge in [0.25, 0.3) is 0 Å². The maximum Gasteiger partial charge on any atom is 0.212 e. The van der Waals surface area contributed by atoms with Gasteiger partial charge >= 0.3 is 0 Å². The Kier molecular flexibility index (Phi) is 5.67. The summed E-state index contributed by atoms with van der Waals surface area (Å²) in [6.45, 7) is 1.56. The quantitative estimate of drug-likeness (QED) is 0.499. The number of aromatic nitrogens is 2. The molecule has 2 unspecified atom stereocenters. The summed E-state index contributed by atoms with van der Waals surface area (Å²) >= 11 is 6.53. The molecule has 1 aromatic heterocycles. The number of benzene rings is 1. The van der Waals surface area contributed by atoms with E-state index in [0.717, 1.165) is 6.26 Å². The third kappa shape index (κ3) is 3.84. The van der Waals surface area contributed by atoms with Gasteiger partial charge in [-0.1, -0.05) is 11.6 Å². The summed E-state index contributed by atoms with van der Waals surface area (Å²) in [6, 6.07) is 4.24. The first kappa shape index (κ1) is 22.5. The Bertz CT molecular complexity index is 1280. The third-order valence-electron chi connectivity index (χ3n) is 6.09. The fraction of sp³-hybridized carbons (Fsp3) is 0.409. The predicted octanol–water partition coefficient (Wildman–Crippen LogP) is 3.36. The highest BCUT2D eigenvalue weighted by Crippen LogP contribution is 2.43. The van der Waals surface area contributed by atoms with E-state index in [0.29, 0.717) is 30.8 Å². The first-order valence-corrected chi connectivity index (χ1v) is 12.4. The van der Waals surface area contributed by atoms with Gasteiger partial charge in [-0.15, -0.1) is 0 Å². The molecule has 0 aliphatic heterocycles. The second-order valence-corrected chi connectivity index (χ2v) is 10.7. The van der Waals surface area contributed by atoms with E-state index in [1.807, 2.05) is 0 Å². The molecule has 1 heterocycles. The molecule has 2 aliphatic rings. The van der Waals surface area contributed by atoms with Crippen molar-refractivity contribution in [2.24, 2.45) is 18.9 Å². The molecule has 170 valence electrons. The van der Waals surface area contributed by atoms with Crippen molar-refractivity contribution in [2.75, 3.05) is 6.26 Å². The number of aliphatic hydroxyl groups excluding tert-OH is 1. The van der Waals surface area contributed by atoms with Crippen molar-refractivity contribution < 1.29 is 27.9 Å². The highest BCUT2D eigenvalue weighted by Gasteiger charge is 2.43.